The largest absolute Gasteiger partial charge is 0.293 e. The lowest BCUT2D eigenvalue weighted by Gasteiger charge is -2.06. The van der Waals surface area contributed by atoms with Crippen LogP contribution in [0.3, 0.4) is 0 Å². The van der Waals surface area contributed by atoms with Crippen LogP contribution in [-0.2, 0) is 6.54 Å². The number of benzene rings is 2. The van der Waals surface area contributed by atoms with Crippen LogP contribution in [0, 0.1) is 12.7 Å². The van der Waals surface area contributed by atoms with Crippen LogP contribution in [0.2, 0.25) is 0 Å². The molecule has 0 amide bonds. The van der Waals surface area contributed by atoms with Crippen molar-refractivity contribution in [2.24, 2.45) is 0 Å². The fourth-order valence-corrected chi connectivity index (χ4v) is 3.48. The molecule has 0 bridgehead atoms. The van der Waals surface area contributed by atoms with E-state index in [1.807, 2.05) is 31.2 Å². The van der Waals surface area contributed by atoms with Crippen molar-refractivity contribution in [1.29, 1.82) is 0 Å². The molecule has 0 N–H and O–H groups in total. The van der Waals surface area contributed by atoms with Gasteiger partial charge in [0.1, 0.15) is 21.7 Å². The summed E-state index contributed by atoms with van der Waals surface area (Å²) in [4.78, 5) is 17.1. The molecule has 0 aliphatic carbocycles. The molecule has 0 radical (unpaired) electrons. The standard InChI is InChI=1S/C19H14FN3OS/c1-12-6-8-13(9-7-12)16-17-18(25-22-16)19(24)23(11-21-17)10-14-4-2-3-5-15(14)20/h2-9,11H,10H2,1H3. The molecule has 2 heterocycles. The van der Waals surface area contributed by atoms with Gasteiger partial charge in [-0.3, -0.25) is 9.36 Å². The van der Waals surface area contributed by atoms with Crippen molar-refractivity contribution in [2.75, 3.05) is 0 Å². The van der Waals surface area contributed by atoms with Crippen molar-refractivity contribution in [3.05, 3.63) is 82.2 Å². The van der Waals surface area contributed by atoms with E-state index in [1.165, 1.54) is 17.0 Å². The molecule has 2 aromatic carbocycles. The average molecular weight is 351 g/mol. The Morgan fingerprint density at radius 1 is 1.12 bits per heavy atom. The summed E-state index contributed by atoms with van der Waals surface area (Å²) >= 11 is 1.13. The lowest BCUT2D eigenvalue weighted by molar-refractivity contribution is 0.595. The average Bonchev–Trinajstić information content (AvgIpc) is 3.05. The molecule has 4 nitrogen and oxygen atoms in total. The van der Waals surface area contributed by atoms with E-state index >= 15 is 0 Å². The molecule has 0 aliphatic rings. The van der Waals surface area contributed by atoms with Gasteiger partial charge in [0.15, 0.2) is 0 Å². The fraction of sp³-hybridized carbons (Fsp3) is 0.105. The monoisotopic (exact) mass is 351 g/mol. The smallest absolute Gasteiger partial charge is 0.273 e. The Balaban J connectivity index is 1.78. The SMILES string of the molecule is Cc1ccc(-c2nsc3c(=O)n(Cc4ccccc4F)cnc23)cc1. The molecule has 0 spiro atoms. The topological polar surface area (TPSA) is 47.8 Å². The molecule has 0 aliphatic heterocycles. The van der Waals surface area contributed by atoms with Crippen molar-refractivity contribution < 1.29 is 4.39 Å². The van der Waals surface area contributed by atoms with Gasteiger partial charge in [0.2, 0.25) is 0 Å². The third-order valence-corrected chi connectivity index (χ3v) is 4.90. The minimum Gasteiger partial charge on any atom is -0.293 e. The van der Waals surface area contributed by atoms with E-state index in [2.05, 4.69) is 9.36 Å². The lowest BCUT2D eigenvalue weighted by atomic mass is 10.1. The van der Waals surface area contributed by atoms with Gasteiger partial charge in [-0.1, -0.05) is 48.0 Å². The van der Waals surface area contributed by atoms with E-state index in [4.69, 9.17) is 0 Å². The maximum Gasteiger partial charge on any atom is 0.273 e. The maximum atomic E-state index is 13.8. The Morgan fingerprint density at radius 3 is 2.64 bits per heavy atom. The highest BCUT2D eigenvalue weighted by molar-refractivity contribution is 7.13. The summed E-state index contributed by atoms with van der Waals surface area (Å²) in [6, 6.07) is 14.4. The number of rotatable bonds is 3. The zero-order valence-corrected chi connectivity index (χ0v) is 14.3. The van der Waals surface area contributed by atoms with Gasteiger partial charge in [-0.25, -0.2) is 9.37 Å². The van der Waals surface area contributed by atoms with Crippen molar-refractivity contribution >= 4 is 21.7 Å². The van der Waals surface area contributed by atoms with Crippen molar-refractivity contribution in [1.82, 2.24) is 13.9 Å². The number of hydrogen-bond acceptors (Lipinski definition) is 4. The van der Waals surface area contributed by atoms with Crippen LogP contribution < -0.4 is 5.56 Å². The van der Waals surface area contributed by atoms with Gasteiger partial charge in [-0.15, -0.1) is 0 Å². The van der Waals surface area contributed by atoms with Crippen LogP contribution in [0.25, 0.3) is 21.5 Å². The minimum absolute atomic E-state index is 0.145. The van der Waals surface area contributed by atoms with Gasteiger partial charge in [0, 0.05) is 11.1 Å². The number of aryl methyl sites for hydroxylation is 1. The molecule has 0 fully saturated rings. The summed E-state index contributed by atoms with van der Waals surface area (Å²) in [5.74, 6) is -0.334. The third-order valence-electron chi connectivity index (χ3n) is 4.07. The predicted octanol–water partition coefficient (Wildman–Crippen LogP) is 4.02. The first-order valence-electron chi connectivity index (χ1n) is 7.79. The minimum atomic E-state index is -0.334. The maximum absolute atomic E-state index is 13.8. The summed E-state index contributed by atoms with van der Waals surface area (Å²) in [7, 11) is 0. The molecular formula is C19H14FN3OS. The second kappa shape index (κ2) is 6.22. The zero-order chi connectivity index (χ0) is 17.4. The highest BCUT2D eigenvalue weighted by Crippen LogP contribution is 2.27. The van der Waals surface area contributed by atoms with Gasteiger partial charge in [0.05, 0.1) is 12.9 Å². The fourth-order valence-electron chi connectivity index (χ4n) is 2.68. The Kier molecular flexibility index (Phi) is 3.89. The number of nitrogens with zero attached hydrogens (tertiary/aromatic N) is 3. The first-order chi connectivity index (χ1) is 12.1. The van der Waals surface area contributed by atoms with Crippen LogP contribution >= 0.6 is 11.5 Å². The van der Waals surface area contributed by atoms with Crippen LogP contribution in [0.5, 0.6) is 0 Å². The number of hydrogen-bond donors (Lipinski definition) is 0. The molecule has 0 saturated heterocycles. The summed E-state index contributed by atoms with van der Waals surface area (Å²) in [6.45, 7) is 2.16. The number of aromatic nitrogens is 3. The molecule has 25 heavy (non-hydrogen) atoms. The van der Waals surface area contributed by atoms with Crippen molar-refractivity contribution in [3.8, 4) is 11.3 Å². The Bertz CT molecular complexity index is 1120. The van der Waals surface area contributed by atoms with Crippen LogP contribution in [-0.4, -0.2) is 13.9 Å². The summed E-state index contributed by atoms with van der Waals surface area (Å²) in [5.41, 5.74) is 3.62. The van der Waals surface area contributed by atoms with Gasteiger partial charge < -0.3 is 0 Å². The number of fused-ring (bicyclic) bond motifs is 1. The van der Waals surface area contributed by atoms with Crippen LogP contribution in [0.15, 0.2) is 59.7 Å². The van der Waals surface area contributed by atoms with Crippen LogP contribution in [0.4, 0.5) is 4.39 Å². The first-order valence-corrected chi connectivity index (χ1v) is 8.56. The summed E-state index contributed by atoms with van der Waals surface area (Å²) in [6.07, 6.45) is 1.46. The normalized spacial score (nSPS) is 11.1. The quantitative estimate of drug-likeness (QED) is 0.560. The second-order valence-corrected chi connectivity index (χ2v) is 6.62. The molecule has 6 heteroatoms. The van der Waals surface area contributed by atoms with E-state index < -0.39 is 0 Å². The van der Waals surface area contributed by atoms with E-state index in [0.717, 1.165) is 22.7 Å². The van der Waals surface area contributed by atoms with E-state index in [0.29, 0.717) is 21.5 Å². The molecule has 4 rings (SSSR count). The van der Waals surface area contributed by atoms with E-state index in [-0.39, 0.29) is 17.9 Å². The van der Waals surface area contributed by atoms with Gasteiger partial charge in [-0.2, -0.15) is 4.37 Å². The van der Waals surface area contributed by atoms with Gasteiger partial charge in [0.25, 0.3) is 5.56 Å². The van der Waals surface area contributed by atoms with E-state index in [1.54, 1.807) is 18.2 Å². The Hall–Kier alpha value is -2.86. The number of halogens is 1. The zero-order valence-electron chi connectivity index (χ0n) is 13.4. The molecule has 4 aromatic rings. The Morgan fingerprint density at radius 2 is 1.88 bits per heavy atom. The highest BCUT2D eigenvalue weighted by Gasteiger charge is 2.15. The molecule has 0 unspecified atom stereocenters. The molecule has 0 saturated carbocycles. The second-order valence-electron chi connectivity index (χ2n) is 5.84. The molecular weight excluding hydrogens is 337 g/mol. The summed E-state index contributed by atoms with van der Waals surface area (Å²) < 4.78 is 20.1. The molecule has 0 atom stereocenters. The van der Waals surface area contributed by atoms with Crippen LogP contribution in [0.1, 0.15) is 11.1 Å². The molecule has 2 aromatic heterocycles. The Labute approximate surface area is 147 Å². The lowest BCUT2D eigenvalue weighted by Crippen LogP contribution is -2.20. The van der Waals surface area contributed by atoms with E-state index in [9.17, 15) is 9.18 Å². The predicted molar refractivity (Wildman–Crippen MR) is 97.4 cm³/mol. The van der Waals surface area contributed by atoms with Crippen molar-refractivity contribution in [3.63, 3.8) is 0 Å². The van der Waals surface area contributed by atoms with Crippen molar-refractivity contribution in [2.45, 2.75) is 13.5 Å². The van der Waals surface area contributed by atoms with Gasteiger partial charge in [-0.05, 0) is 24.5 Å². The molecule has 124 valence electrons. The van der Waals surface area contributed by atoms with Gasteiger partial charge >= 0.3 is 0 Å². The highest BCUT2D eigenvalue weighted by atomic mass is 32.1. The summed E-state index contributed by atoms with van der Waals surface area (Å²) in [5, 5.41) is 0. The third kappa shape index (κ3) is 2.85. The first kappa shape index (κ1) is 15.7.